The van der Waals surface area contributed by atoms with Crippen LogP contribution in [0.3, 0.4) is 0 Å². The zero-order valence-corrected chi connectivity index (χ0v) is 20.8. The van der Waals surface area contributed by atoms with Gasteiger partial charge in [-0.05, 0) is 31.9 Å². The van der Waals surface area contributed by atoms with Gasteiger partial charge in [0.1, 0.15) is 11.3 Å². The Bertz CT molecular complexity index is 854. The first-order valence-electron chi connectivity index (χ1n) is 11.1. The Morgan fingerprint density at radius 2 is 1.97 bits per heavy atom. The van der Waals surface area contributed by atoms with E-state index < -0.39 is 0 Å². The standard InChI is InChI=1S/C23H33N5O2.HI/c1-17(21-16-19-6-3-4-9-20(19)30-21)26-23(24-2)25-10-11-27-12-14-28(15-13-27)22(29)18-7-5-8-18;/h3-4,6,9,16-18H,5,7-8,10-15H2,1-2H3,(H2,24,25,26);1H. The summed E-state index contributed by atoms with van der Waals surface area (Å²) < 4.78 is 5.95. The molecule has 2 fully saturated rings. The van der Waals surface area contributed by atoms with Crippen LogP contribution in [-0.4, -0.2) is 68.0 Å². The molecule has 1 aromatic heterocycles. The number of nitrogens with one attached hydrogen (secondary N) is 2. The molecule has 1 amide bonds. The number of carbonyl (C=O) groups is 1. The number of aliphatic imine (C=N–C) groups is 1. The van der Waals surface area contributed by atoms with Crippen LogP contribution in [0.25, 0.3) is 11.0 Å². The van der Waals surface area contributed by atoms with Gasteiger partial charge in [-0.3, -0.25) is 14.7 Å². The monoisotopic (exact) mass is 539 g/mol. The van der Waals surface area contributed by atoms with Gasteiger partial charge in [0.2, 0.25) is 5.91 Å². The number of piperazine rings is 1. The average molecular weight is 539 g/mol. The number of furan rings is 1. The molecule has 1 aromatic carbocycles. The molecule has 1 unspecified atom stereocenters. The lowest BCUT2D eigenvalue weighted by atomic mass is 9.84. The lowest BCUT2D eigenvalue weighted by molar-refractivity contribution is -0.139. The van der Waals surface area contributed by atoms with E-state index in [1.165, 1.54) is 6.42 Å². The van der Waals surface area contributed by atoms with Crippen LogP contribution in [0.5, 0.6) is 0 Å². The van der Waals surface area contributed by atoms with Crippen molar-refractivity contribution in [2.24, 2.45) is 10.9 Å². The van der Waals surface area contributed by atoms with Gasteiger partial charge in [-0.2, -0.15) is 0 Å². The lowest BCUT2D eigenvalue weighted by Gasteiger charge is -2.38. The Morgan fingerprint density at radius 3 is 2.61 bits per heavy atom. The summed E-state index contributed by atoms with van der Waals surface area (Å²) in [5.74, 6) is 2.35. The van der Waals surface area contributed by atoms with E-state index in [1.54, 1.807) is 7.05 Å². The molecule has 7 nitrogen and oxygen atoms in total. The van der Waals surface area contributed by atoms with Crippen LogP contribution in [0.4, 0.5) is 0 Å². The molecule has 0 bridgehead atoms. The number of amides is 1. The smallest absolute Gasteiger partial charge is 0.225 e. The number of hydrogen-bond acceptors (Lipinski definition) is 4. The summed E-state index contributed by atoms with van der Waals surface area (Å²) in [6.07, 6.45) is 3.38. The van der Waals surface area contributed by atoms with E-state index in [0.717, 1.165) is 74.8 Å². The molecule has 1 aliphatic carbocycles. The molecule has 2 aromatic rings. The highest BCUT2D eigenvalue weighted by Gasteiger charge is 2.31. The minimum absolute atomic E-state index is 0. The van der Waals surface area contributed by atoms with E-state index in [0.29, 0.717) is 11.8 Å². The number of carbonyl (C=O) groups excluding carboxylic acids is 1. The third-order valence-electron chi connectivity index (χ3n) is 6.31. The van der Waals surface area contributed by atoms with Crippen LogP contribution in [-0.2, 0) is 4.79 Å². The first kappa shape index (κ1) is 23.8. The molecule has 0 radical (unpaired) electrons. The lowest BCUT2D eigenvalue weighted by Crippen LogP contribution is -2.52. The van der Waals surface area contributed by atoms with E-state index in [-0.39, 0.29) is 30.0 Å². The van der Waals surface area contributed by atoms with Crippen LogP contribution < -0.4 is 10.6 Å². The van der Waals surface area contributed by atoms with E-state index in [4.69, 9.17) is 4.42 Å². The van der Waals surface area contributed by atoms with E-state index >= 15 is 0 Å². The highest BCUT2D eigenvalue weighted by atomic mass is 127. The largest absolute Gasteiger partial charge is 0.459 e. The SMILES string of the molecule is CN=C(NCCN1CCN(C(=O)C2CCC2)CC1)NC(C)c1cc2ccccc2o1.I. The quantitative estimate of drug-likeness (QED) is 0.335. The zero-order chi connectivity index (χ0) is 20.9. The van der Waals surface area contributed by atoms with Gasteiger partial charge >= 0.3 is 0 Å². The molecule has 2 heterocycles. The Labute approximate surface area is 201 Å². The van der Waals surface area contributed by atoms with Gasteiger partial charge in [0.25, 0.3) is 0 Å². The van der Waals surface area contributed by atoms with Gasteiger partial charge < -0.3 is 20.0 Å². The first-order valence-corrected chi connectivity index (χ1v) is 11.1. The molecular weight excluding hydrogens is 505 g/mol. The van der Waals surface area contributed by atoms with Crippen molar-refractivity contribution in [1.82, 2.24) is 20.4 Å². The average Bonchev–Trinajstić information content (AvgIpc) is 3.16. The fraction of sp³-hybridized carbons (Fsp3) is 0.565. The van der Waals surface area contributed by atoms with Gasteiger partial charge in [0, 0.05) is 57.6 Å². The second-order valence-electron chi connectivity index (χ2n) is 8.35. The first-order chi connectivity index (χ1) is 14.6. The van der Waals surface area contributed by atoms with Crippen LogP contribution in [0.1, 0.15) is 38.0 Å². The van der Waals surface area contributed by atoms with Crippen molar-refractivity contribution in [2.75, 3.05) is 46.3 Å². The minimum atomic E-state index is 0. The summed E-state index contributed by atoms with van der Waals surface area (Å²) in [7, 11) is 1.78. The van der Waals surface area contributed by atoms with Crippen molar-refractivity contribution in [3.63, 3.8) is 0 Å². The van der Waals surface area contributed by atoms with Crippen molar-refractivity contribution >= 4 is 46.8 Å². The highest BCUT2D eigenvalue weighted by Crippen LogP contribution is 2.28. The van der Waals surface area contributed by atoms with Crippen molar-refractivity contribution < 1.29 is 9.21 Å². The number of fused-ring (bicyclic) bond motifs is 1. The Balaban J connectivity index is 0.00000272. The second-order valence-corrected chi connectivity index (χ2v) is 8.35. The number of hydrogen-bond donors (Lipinski definition) is 2. The molecule has 1 aliphatic heterocycles. The van der Waals surface area contributed by atoms with Crippen LogP contribution in [0.2, 0.25) is 0 Å². The zero-order valence-electron chi connectivity index (χ0n) is 18.5. The molecule has 31 heavy (non-hydrogen) atoms. The molecule has 4 rings (SSSR count). The van der Waals surface area contributed by atoms with Gasteiger partial charge in [0.15, 0.2) is 5.96 Å². The number of rotatable bonds is 6. The maximum Gasteiger partial charge on any atom is 0.225 e. The molecule has 1 saturated carbocycles. The number of nitrogens with zero attached hydrogens (tertiary/aromatic N) is 3. The Hall–Kier alpha value is -1.81. The molecule has 8 heteroatoms. The van der Waals surface area contributed by atoms with Gasteiger partial charge in [-0.1, -0.05) is 24.6 Å². The number of para-hydroxylation sites is 1. The van der Waals surface area contributed by atoms with Crippen LogP contribution in [0.15, 0.2) is 39.7 Å². The summed E-state index contributed by atoms with van der Waals surface area (Å²) in [6.45, 7) is 7.41. The van der Waals surface area contributed by atoms with Gasteiger partial charge in [-0.15, -0.1) is 24.0 Å². The topological polar surface area (TPSA) is 73.1 Å². The Morgan fingerprint density at radius 1 is 1.23 bits per heavy atom. The Kier molecular flexibility index (Phi) is 8.59. The number of benzene rings is 1. The van der Waals surface area contributed by atoms with Crippen molar-refractivity contribution in [3.8, 4) is 0 Å². The third-order valence-corrected chi connectivity index (χ3v) is 6.31. The summed E-state index contributed by atoms with van der Waals surface area (Å²) in [6, 6.07) is 10.1. The summed E-state index contributed by atoms with van der Waals surface area (Å²) in [5, 5.41) is 7.91. The number of halogens is 1. The number of guanidine groups is 1. The normalized spacial score (nSPS) is 18.9. The molecule has 170 valence electrons. The maximum atomic E-state index is 12.4. The fourth-order valence-electron chi connectivity index (χ4n) is 4.12. The highest BCUT2D eigenvalue weighted by molar-refractivity contribution is 14.0. The van der Waals surface area contributed by atoms with Gasteiger partial charge in [0.05, 0.1) is 6.04 Å². The predicted molar refractivity (Wildman–Crippen MR) is 135 cm³/mol. The molecule has 2 aliphatic rings. The van der Waals surface area contributed by atoms with E-state index in [2.05, 4.69) is 44.5 Å². The van der Waals surface area contributed by atoms with Crippen molar-refractivity contribution in [1.29, 1.82) is 0 Å². The minimum Gasteiger partial charge on any atom is -0.459 e. The van der Waals surface area contributed by atoms with Gasteiger partial charge in [-0.25, -0.2) is 0 Å². The second kappa shape index (κ2) is 11.2. The predicted octanol–water partition coefficient (Wildman–Crippen LogP) is 3.22. The van der Waals surface area contributed by atoms with E-state index in [1.807, 2.05) is 18.2 Å². The molecule has 1 saturated heterocycles. The van der Waals surface area contributed by atoms with E-state index in [9.17, 15) is 4.79 Å². The van der Waals surface area contributed by atoms with Crippen LogP contribution >= 0.6 is 24.0 Å². The summed E-state index contributed by atoms with van der Waals surface area (Å²) >= 11 is 0. The molecule has 0 spiro atoms. The summed E-state index contributed by atoms with van der Waals surface area (Å²) in [5.41, 5.74) is 0.902. The molecular formula is C23H34IN5O2. The van der Waals surface area contributed by atoms with Crippen molar-refractivity contribution in [2.45, 2.75) is 32.2 Å². The fourth-order valence-corrected chi connectivity index (χ4v) is 4.12. The van der Waals surface area contributed by atoms with Crippen molar-refractivity contribution in [3.05, 3.63) is 36.1 Å². The maximum absolute atomic E-state index is 12.4. The molecule has 1 atom stereocenters. The summed E-state index contributed by atoms with van der Waals surface area (Å²) in [4.78, 5) is 21.2. The van der Waals surface area contributed by atoms with Crippen LogP contribution in [0, 0.1) is 5.92 Å². The molecule has 2 N–H and O–H groups in total. The third kappa shape index (κ3) is 5.91.